The van der Waals surface area contributed by atoms with Crippen LogP contribution >= 0.6 is 0 Å². The van der Waals surface area contributed by atoms with E-state index in [1.165, 1.54) is 0 Å². The van der Waals surface area contributed by atoms with Crippen LogP contribution in [-0.4, -0.2) is 28.4 Å². The fourth-order valence-electron chi connectivity index (χ4n) is 1.66. The van der Waals surface area contributed by atoms with E-state index in [-0.39, 0.29) is 5.54 Å². The molecule has 87 valence electrons. The minimum Gasteiger partial charge on any atom is -0.345 e. The van der Waals surface area contributed by atoms with E-state index in [2.05, 4.69) is 15.2 Å². The second-order valence-corrected chi connectivity index (χ2v) is 4.34. The Bertz CT molecular complexity index is 297. The van der Waals surface area contributed by atoms with Gasteiger partial charge in [0.05, 0.1) is 5.69 Å². The Morgan fingerprint density at radius 2 is 1.94 bits per heavy atom. The third-order valence-corrected chi connectivity index (χ3v) is 2.69. The van der Waals surface area contributed by atoms with Crippen LogP contribution in [-0.2, 0) is 15.3 Å². The molecule has 0 spiro atoms. The van der Waals surface area contributed by atoms with Gasteiger partial charge in [0.2, 0.25) is 5.79 Å². The first-order valence-electron chi connectivity index (χ1n) is 5.57. The number of nitrogens with zero attached hydrogens (tertiary/aromatic N) is 1. The van der Waals surface area contributed by atoms with E-state index < -0.39 is 5.79 Å². The molecule has 0 aliphatic carbocycles. The average Bonchev–Trinajstić information content (AvgIpc) is 2.29. The van der Waals surface area contributed by atoms with Crippen molar-refractivity contribution in [2.45, 2.75) is 32.1 Å². The molecule has 3 radical (unpaired) electrons. The molecule has 1 heterocycles. The summed E-state index contributed by atoms with van der Waals surface area (Å²) in [4.78, 5) is 4.33. The van der Waals surface area contributed by atoms with Gasteiger partial charge in [0.25, 0.3) is 0 Å². The van der Waals surface area contributed by atoms with Crippen molar-refractivity contribution in [3.05, 3.63) is 30.1 Å². The third kappa shape index (κ3) is 2.69. The van der Waals surface area contributed by atoms with Crippen molar-refractivity contribution in [1.29, 1.82) is 0 Å². The highest BCUT2D eigenvalue weighted by atomic mass is 28.1. The molecule has 0 N–H and O–H groups in total. The molecule has 0 aliphatic rings. The maximum absolute atomic E-state index is 5.78. The molecule has 0 aromatic carbocycles. The summed E-state index contributed by atoms with van der Waals surface area (Å²) in [6, 6.07) is 5.73. The minimum atomic E-state index is -0.804. The van der Waals surface area contributed by atoms with Gasteiger partial charge in [-0.2, -0.15) is 0 Å². The smallest absolute Gasteiger partial charge is 0.211 e. The first kappa shape index (κ1) is 13.4. The maximum atomic E-state index is 5.78. The maximum Gasteiger partial charge on any atom is 0.211 e. The molecule has 0 saturated heterocycles. The molecule has 16 heavy (non-hydrogen) atoms. The molecule has 0 bridgehead atoms. The van der Waals surface area contributed by atoms with E-state index in [4.69, 9.17) is 9.47 Å². The van der Waals surface area contributed by atoms with Crippen molar-refractivity contribution in [2.75, 3.05) is 13.2 Å². The lowest BCUT2D eigenvalue weighted by molar-refractivity contribution is -0.245. The lowest BCUT2D eigenvalue weighted by Gasteiger charge is -2.36. The summed E-state index contributed by atoms with van der Waals surface area (Å²) in [6.45, 7) is 7.05. The zero-order valence-electron chi connectivity index (χ0n) is 10.1. The Labute approximate surface area is 101 Å². The summed E-state index contributed by atoms with van der Waals surface area (Å²) in [5.74, 6) is -0.804. The zero-order valence-corrected chi connectivity index (χ0v) is 11.1. The van der Waals surface area contributed by atoms with Gasteiger partial charge >= 0.3 is 0 Å². The predicted octanol–water partition coefficient (Wildman–Crippen LogP) is 2.28. The van der Waals surface area contributed by atoms with Gasteiger partial charge in [0.15, 0.2) is 0 Å². The number of ether oxygens (including phenoxy) is 2. The van der Waals surface area contributed by atoms with Crippen molar-refractivity contribution < 1.29 is 9.47 Å². The first-order chi connectivity index (χ1) is 7.67. The van der Waals surface area contributed by atoms with Crippen LogP contribution in [0.5, 0.6) is 0 Å². The van der Waals surface area contributed by atoms with Gasteiger partial charge in [0, 0.05) is 35.2 Å². The van der Waals surface area contributed by atoms with Gasteiger partial charge in [-0.3, -0.25) is 4.98 Å². The highest BCUT2D eigenvalue weighted by Gasteiger charge is 2.38. The van der Waals surface area contributed by atoms with Crippen molar-refractivity contribution in [3.63, 3.8) is 0 Å². The van der Waals surface area contributed by atoms with Crippen LogP contribution in [0.1, 0.15) is 26.5 Å². The molecule has 1 aromatic heterocycles. The Kier molecular flexibility index (Phi) is 5.11. The highest BCUT2D eigenvalue weighted by Crippen LogP contribution is 2.35. The number of aromatic nitrogens is 1. The Morgan fingerprint density at radius 1 is 1.31 bits per heavy atom. The fraction of sp³-hybridized carbons (Fsp3) is 0.583. The van der Waals surface area contributed by atoms with E-state index in [0.29, 0.717) is 13.2 Å². The Hall–Kier alpha value is -0.713. The van der Waals surface area contributed by atoms with E-state index in [9.17, 15) is 0 Å². The lowest BCUT2D eigenvalue weighted by Crippen LogP contribution is -2.38. The van der Waals surface area contributed by atoms with Crippen LogP contribution in [0, 0.1) is 0 Å². The summed E-state index contributed by atoms with van der Waals surface area (Å²) >= 11 is 0. The van der Waals surface area contributed by atoms with E-state index in [0.717, 1.165) is 5.69 Å². The molecular weight excluding hydrogens is 218 g/mol. The number of hydrogen-bond acceptors (Lipinski definition) is 3. The quantitative estimate of drug-likeness (QED) is 0.561. The Balaban J connectivity index is 3.10. The molecule has 0 fully saturated rings. The molecular formula is C12H18NO2Si. The number of hydrogen-bond donors (Lipinski definition) is 0. The molecule has 0 amide bonds. The first-order valence-corrected chi connectivity index (χ1v) is 6.15. The Morgan fingerprint density at radius 3 is 2.31 bits per heavy atom. The standard InChI is InChI=1S/C12H18NO2Si/c1-4-14-12(10(3)16,15-5-2)11-8-6-7-9-13-11/h6-10H,4-5H2,1-3H3. The van der Waals surface area contributed by atoms with Crippen LogP contribution in [0.3, 0.4) is 0 Å². The molecule has 1 aromatic rings. The predicted molar refractivity (Wildman–Crippen MR) is 64.3 cm³/mol. The van der Waals surface area contributed by atoms with E-state index >= 15 is 0 Å². The van der Waals surface area contributed by atoms with E-state index in [1.807, 2.05) is 39.0 Å². The summed E-state index contributed by atoms with van der Waals surface area (Å²) in [5.41, 5.74) is 0.809. The van der Waals surface area contributed by atoms with Crippen molar-refractivity contribution >= 4 is 10.2 Å². The third-order valence-electron chi connectivity index (χ3n) is 2.31. The van der Waals surface area contributed by atoms with Crippen LogP contribution < -0.4 is 0 Å². The minimum absolute atomic E-state index is 0.0160. The lowest BCUT2D eigenvalue weighted by atomic mass is 10.1. The number of pyridine rings is 1. The van der Waals surface area contributed by atoms with Gasteiger partial charge in [-0.1, -0.05) is 13.0 Å². The van der Waals surface area contributed by atoms with Crippen LogP contribution in [0.2, 0.25) is 5.54 Å². The topological polar surface area (TPSA) is 31.4 Å². The highest BCUT2D eigenvalue weighted by molar-refractivity contribution is 6.12. The summed E-state index contributed by atoms with van der Waals surface area (Å²) in [5, 5.41) is 0. The molecule has 0 saturated carbocycles. The molecule has 3 nitrogen and oxygen atoms in total. The van der Waals surface area contributed by atoms with Crippen LogP contribution in [0.4, 0.5) is 0 Å². The van der Waals surface area contributed by atoms with E-state index in [1.54, 1.807) is 6.20 Å². The molecule has 1 unspecified atom stereocenters. The molecule has 1 rings (SSSR count). The second kappa shape index (κ2) is 6.13. The fourth-order valence-corrected chi connectivity index (χ4v) is 1.97. The van der Waals surface area contributed by atoms with Gasteiger partial charge in [0.1, 0.15) is 0 Å². The summed E-state index contributed by atoms with van der Waals surface area (Å²) in [6.07, 6.45) is 1.75. The SMILES string of the molecule is CCOC(OCC)(c1ccccn1)C(C)[Si]. The normalized spacial score (nSPS) is 13.8. The second-order valence-electron chi connectivity index (χ2n) is 3.47. The summed E-state index contributed by atoms with van der Waals surface area (Å²) in [7, 11) is 3.60. The number of rotatable bonds is 6. The zero-order chi connectivity index (χ0) is 12.0. The molecule has 0 aliphatic heterocycles. The van der Waals surface area contributed by atoms with Gasteiger partial charge < -0.3 is 9.47 Å². The monoisotopic (exact) mass is 236 g/mol. The van der Waals surface area contributed by atoms with Crippen molar-refractivity contribution in [3.8, 4) is 0 Å². The van der Waals surface area contributed by atoms with Gasteiger partial charge in [-0.05, 0) is 26.0 Å². The largest absolute Gasteiger partial charge is 0.345 e. The van der Waals surface area contributed by atoms with Crippen molar-refractivity contribution in [2.24, 2.45) is 0 Å². The average molecular weight is 236 g/mol. The summed E-state index contributed by atoms with van der Waals surface area (Å²) < 4.78 is 11.6. The van der Waals surface area contributed by atoms with Crippen LogP contribution in [0.25, 0.3) is 0 Å². The van der Waals surface area contributed by atoms with Crippen molar-refractivity contribution in [1.82, 2.24) is 4.98 Å². The van der Waals surface area contributed by atoms with Gasteiger partial charge in [-0.25, -0.2) is 0 Å². The molecule has 4 heteroatoms. The molecule has 1 atom stereocenters. The van der Waals surface area contributed by atoms with Gasteiger partial charge in [-0.15, -0.1) is 0 Å². The van der Waals surface area contributed by atoms with Crippen LogP contribution in [0.15, 0.2) is 24.4 Å².